The van der Waals surface area contributed by atoms with Gasteiger partial charge in [0.15, 0.2) is 11.5 Å². The molecular formula is C14H18ClNO3. The minimum atomic E-state index is -0.623. The van der Waals surface area contributed by atoms with Crippen LogP contribution in [0, 0.1) is 0 Å². The fourth-order valence-corrected chi connectivity index (χ4v) is 1.92. The minimum Gasteiger partial charge on any atom is -0.485 e. The van der Waals surface area contributed by atoms with Crippen LogP contribution in [0.15, 0.2) is 24.3 Å². The Morgan fingerprint density at radius 1 is 1.42 bits per heavy atom. The zero-order valence-electron chi connectivity index (χ0n) is 11.4. The fraction of sp³-hybridized carbons (Fsp3) is 0.500. The van der Waals surface area contributed by atoms with Crippen LogP contribution in [-0.2, 0) is 4.79 Å². The van der Waals surface area contributed by atoms with Gasteiger partial charge in [-0.15, -0.1) is 11.6 Å². The predicted molar refractivity (Wildman–Crippen MR) is 73.9 cm³/mol. The van der Waals surface area contributed by atoms with E-state index in [1.807, 2.05) is 32.0 Å². The van der Waals surface area contributed by atoms with E-state index in [1.54, 1.807) is 18.0 Å². The summed E-state index contributed by atoms with van der Waals surface area (Å²) in [7, 11) is 1.73. The highest BCUT2D eigenvalue weighted by Crippen LogP contribution is 2.31. The molecule has 0 spiro atoms. The van der Waals surface area contributed by atoms with Crippen molar-refractivity contribution in [3.05, 3.63) is 24.3 Å². The molecule has 1 aliphatic heterocycles. The van der Waals surface area contributed by atoms with E-state index < -0.39 is 11.6 Å². The molecule has 2 rings (SSSR count). The lowest BCUT2D eigenvalue weighted by atomic mass is 10.1. The van der Waals surface area contributed by atoms with Crippen molar-refractivity contribution in [2.45, 2.75) is 25.5 Å². The number of hydrogen-bond acceptors (Lipinski definition) is 3. The summed E-state index contributed by atoms with van der Waals surface area (Å²) in [5, 5.41) is 0. The van der Waals surface area contributed by atoms with E-state index in [9.17, 15) is 4.79 Å². The highest BCUT2D eigenvalue weighted by Gasteiger charge is 2.35. The van der Waals surface area contributed by atoms with Gasteiger partial charge in [-0.3, -0.25) is 4.79 Å². The monoisotopic (exact) mass is 283 g/mol. The Kier molecular flexibility index (Phi) is 3.90. The quantitative estimate of drug-likeness (QED) is 0.799. The molecule has 0 saturated carbocycles. The first kappa shape index (κ1) is 14.0. The normalized spacial score (nSPS) is 18.0. The first-order chi connectivity index (χ1) is 8.95. The molecule has 104 valence electrons. The van der Waals surface area contributed by atoms with Gasteiger partial charge in [-0.2, -0.15) is 0 Å². The lowest BCUT2D eigenvalue weighted by molar-refractivity contribution is -0.144. The number of para-hydroxylation sites is 2. The van der Waals surface area contributed by atoms with Crippen molar-refractivity contribution in [1.29, 1.82) is 0 Å². The number of carbonyl (C=O) groups is 1. The van der Waals surface area contributed by atoms with Gasteiger partial charge in [0.05, 0.1) is 5.54 Å². The molecule has 1 amide bonds. The molecule has 5 heteroatoms. The third-order valence-electron chi connectivity index (χ3n) is 3.35. The van der Waals surface area contributed by atoms with Gasteiger partial charge in [-0.25, -0.2) is 0 Å². The summed E-state index contributed by atoms with van der Waals surface area (Å²) in [6.45, 7) is 4.05. The molecule has 1 heterocycles. The summed E-state index contributed by atoms with van der Waals surface area (Å²) in [6.07, 6.45) is -0.623. The summed E-state index contributed by atoms with van der Waals surface area (Å²) >= 11 is 5.89. The third kappa shape index (κ3) is 2.78. The molecule has 1 aliphatic rings. The van der Waals surface area contributed by atoms with Crippen molar-refractivity contribution in [3.8, 4) is 11.5 Å². The average molecular weight is 284 g/mol. The lowest BCUT2D eigenvalue weighted by Crippen LogP contribution is -2.53. The molecule has 0 bridgehead atoms. The van der Waals surface area contributed by atoms with Crippen LogP contribution in [-0.4, -0.2) is 42.0 Å². The number of hydrogen-bond donors (Lipinski definition) is 0. The van der Waals surface area contributed by atoms with Gasteiger partial charge in [0.25, 0.3) is 5.91 Å². The molecule has 0 N–H and O–H groups in total. The second-order valence-corrected chi connectivity index (χ2v) is 5.47. The van der Waals surface area contributed by atoms with Crippen LogP contribution in [0.2, 0.25) is 0 Å². The van der Waals surface area contributed by atoms with Crippen LogP contribution in [0.5, 0.6) is 11.5 Å². The molecule has 0 fully saturated rings. The van der Waals surface area contributed by atoms with Crippen LogP contribution in [0.4, 0.5) is 0 Å². The number of fused-ring (bicyclic) bond motifs is 1. The molecule has 1 atom stereocenters. The Labute approximate surface area is 118 Å². The van der Waals surface area contributed by atoms with Gasteiger partial charge >= 0.3 is 0 Å². The molecule has 4 nitrogen and oxygen atoms in total. The second-order valence-electron chi connectivity index (χ2n) is 5.21. The van der Waals surface area contributed by atoms with Crippen LogP contribution in [0.25, 0.3) is 0 Å². The maximum atomic E-state index is 12.4. The summed E-state index contributed by atoms with van der Waals surface area (Å²) in [5.74, 6) is 1.51. The van der Waals surface area contributed by atoms with Gasteiger partial charge in [0, 0.05) is 12.9 Å². The maximum absolute atomic E-state index is 12.4. The topological polar surface area (TPSA) is 38.8 Å². The van der Waals surface area contributed by atoms with Crippen molar-refractivity contribution in [3.63, 3.8) is 0 Å². The molecule has 1 aromatic carbocycles. The van der Waals surface area contributed by atoms with E-state index >= 15 is 0 Å². The van der Waals surface area contributed by atoms with Gasteiger partial charge in [0.2, 0.25) is 6.10 Å². The summed E-state index contributed by atoms with van der Waals surface area (Å²) < 4.78 is 11.2. The Bertz CT molecular complexity index is 476. The van der Waals surface area contributed by atoms with E-state index in [4.69, 9.17) is 21.1 Å². The molecular weight excluding hydrogens is 266 g/mol. The van der Waals surface area contributed by atoms with Crippen LogP contribution in [0.1, 0.15) is 13.8 Å². The van der Waals surface area contributed by atoms with Crippen molar-refractivity contribution >= 4 is 17.5 Å². The number of carbonyl (C=O) groups excluding carboxylic acids is 1. The zero-order valence-corrected chi connectivity index (χ0v) is 12.1. The summed E-state index contributed by atoms with van der Waals surface area (Å²) in [5.41, 5.74) is -0.418. The molecule has 19 heavy (non-hydrogen) atoms. The van der Waals surface area contributed by atoms with Crippen molar-refractivity contribution in [2.24, 2.45) is 0 Å². The van der Waals surface area contributed by atoms with Gasteiger partial charge in [0.1, 0.15) is 6.61 Å². The van der Waals surface area contributed by atoms with E-state index in [1.165, 1.54) is 0 Å². The van der Waals surface area contributed by atoms with Crippen LogP contribution < -0.4 is 9.47 Å². The number of halogens is 1. The van der Waals surface area contributed by atoms with E-state index in [0.29, 0.717) is 17.4 Å². The molecule has 1 unspecified atom stereocenters. The van der Waals surface area contributed by atoms with Crippen LogP contribution in [0.3, 0.4) is 0 Å². The number of benzene rings is 1. The molecule has 0 aliphatic carbocycles. The summed E-state index contributed by atoms with van der Waals surface area (Å²) in [4.78, 5) is 14.0. The van der Waals surface area contributed by atoms with E-state index in [0.717, 1.165) is 0 Å². The Morgan fingerprint density at radius 2 is 2.05 bits per heavy atom. The highest BCUT2D eigenvalue weighted by molar-refractivity contribution is 6.18. The first-order valence-corrected chi connectivity index (χ1v) is 6.71. The van der Waals surface area contributed by atoms with Crippen molar-refractivity contribution < 1.29 is 14.3 Å². The largest absolute Gasteiger partial charge is 0.485 e. The maximum Gasteiger partial charge on any atom is 0.267 e. The lowest BCUT2D eigenvalue weighted by Gasteiger charge is -2.37. The molecule has 1 aromatic rings. The number of likely N-dealkylation sites (N-methyl/N-ethyl adjacent to an activating group) is 1. The number of amides is 1. The SMILES string of the molecule is CN(C(=O)C1COc2ccccc2O1)C(C)(C)CCl. The zero-order chi connectivity index (χ0) is 14.0. The minimum absolute atomic E-state index is 0.125. The Morgan fingerprint density at radius 3 is 2.68 bits per heavy atom. The highest BCUT2D eigenvalue weighted by atomic mass is 35.5. The van der Waals surface area contributed by atoms with Crippen molar-refractivity contribution in [2.75, 3.05) is 19.5 Å². The van der Waals surface area contributed by atoms with Gasteiger partial charge in [-0.1, -0.05) is 12.1 Å². The van der Waals surface area contributed by atoms with E-state index in [-0.39, 0.29) is 12.5 Å². The molecule has 0 aromatic heterocycles. The Hall–Kier alpha value is -1.42. The Balaban J connectivity index is 2.11. The number of ether oxygens (including phenoxy) is 2. The predicted octanol–water partition coefficient (Wildman–Crippen LogP) is 2.30. The smallest absolute Gasteiger partial charge is 0.267 e. The fourth-order valence-electron chi connectivity index (χ4n) is 1.75. The van der Waals surface area contributed by atoms with Crippen molar-refractivity contribution in [1.82, 2.24) is 4.90 Å². The third-order valence-corrected chi connectivity index (χ3v) is 4.00. The van der Waals surface area contributed by atoms with Gasteiger partial charge in [-0.05, 0) is 26.0 Å². The number of alkyl halides is 1. The van der Waals surface area contributed by atoms with E-state index in [2.05, 4.69) is 0 Å². The number of rotatable bonds is 3. The molecule has 0 saturated heterocycles. The molecule has 0 radical (unpaired) electrons. The standard InChI is InChI=1S/C14H18ClNO3/c1-14(2,9-15)16(3)13(17)12-8-18-10-6-4-5-7-11(10)19-12/h4-7,12H,8-9H2,1-3H3. The first-order valence-electron chi connectivity index (χ1n) is 6.18. The summed E-state index contributed by atoms with van der Waals surface area (Å²) in [6, 6.07) is 7.33. The number of nitrogens with zero attached hydrogens (tertiary/aromatic N) is 1. The van der Waals surface area contributed by atoms with Gasteiger partial charge < -0.3 is 14.4 Å². The van der Waals surface area contributed by atoms with Crippen LogP contribution >= 0.6 is 11.6 Å². The average Bonchev–Trinajstić information content (AvgIpc) is 2.45. The second kappa shape index (κ2) is 5.29.